The van der Waals surface area contributed by atoms with Gasteiger partial charge in [0.15, 0.2) is 11.9 Å². The molecule has 0 aliphatic rings. The van der Waals surface area contributed by atoms with Gasteiger partial charge in [-0.15, -0.1) is 0 Å². The Morgan fingerprint density at radius 2 is 2.09 bits per heavy atom. The molecule has 0 N–H and O–H groups in total. The van der Waals surface area contributed by atoms with Crippen LogP contribution in [-0.2, 0) is 0 Å². The Hall–Kier alpha value is -0.760. The van der Waals surface area contributed by atoms with Crippen LogP contribution in [0.2, 0.25) is 5.02 Å². The van der Waals surface area contributed by atoms with Crippen molar-refractivity contribution in [3.8, 4) is 0 Å². The molecule has 0 saturated carbocycles. The molecule has 2 nitrogen and oxygen atoms in total. The summed E-state index contributed by atoms with van der Waals surface area (Å²) >= 11 is 5.60. The maximum atomic E-state index is 11.1. The number of pyridine rings is 1. The first kappa shape index (κ1) is 8.34. The fourth-order valence-electron chi connectivity index (χ4n) is 0.915. The minimum Gasteiger partial charge on any atom is -0.618 e. The van der Waals surface area contributed by atoms with Crippen LogP contribution in [0.5, 0.6) is 0 Å². The summed E-state index contributed by atoms with van der Waals surface area (Å²) in [6, 6.07) is 3.48. The summed E-state index contributed by atoms with van der Waals surface area (Å²) in [5.41, 5.74) is 0.745. The molecule has 1 aromatic rings. The van der Waals surface area contributed by atoms with Gasteiger partial charge in [-0.25, -0.2) is 0 Å². The standard InChI is InChI=1S/C8H10ClNO/c1-6(2)8-4-3-7(9)5-10(8)11/h3-6H,1-2H3. The zero-order valence-electron chi connectivity index (χ0n) is 6.54. The van der Waals surface area contributed by atoms with Crippen LogP contribution in [0.3, 0.4) is 0 Å². The summed E-state index contributed by atoms with van der Waals surface area (Å²) in [5.74, 6) is 0.241. The maximum absolute atomic E-state index is 11.1. The molecule has 0 bridgehead atoms. The van der Waals surface area contributed by atoms with Crippen LogP contribution in [0, 0.1) is 5.21 Å². The number of rotatable bonds is 1. The smallest absolute Gasteiger partial charge is 0.199 e. The second-order valence-electron chi connectivity index (χ2n) is 2.75. The first-order valence-corrected chi connectivity index (χ1v) is 3.87. The van der Waals surface area contributed by atoms with Gasteiger partial charge in [0.1, 0.15) is 5.02 Å². The fourth-order valence-corrected chi connectivity index (χ4v) is 1.07. The molecule has 0 aliphatic heterocycles. The SMILES string of the molecule is CC(C)c1ccc(Cl)c[n+]1[O-]. The van der Waals surface area contributed by atoms with E-state index in [4.69, 9.17) is 11.6 Å². The highest BCUT2D eigenvalue weighted by Crippen LogP contribution is 2.11. The number of hydrogen-bond donors (Lipinski definition) is 0. The maximum Gasteiger partial charge on any atom is 0.199 e. The monoisotopic (exact) mass is 171 g/mol. The largest absolute Gasteiger partial charge is 0.618 e. The molecule has 0 spiro atoms. The van der Waals surface area contributed by atoms with E-state index in [9.17, 15) is 5.21 Å². The Morgan fingerprint density at radius 3 is 2.55 bits per heavy atom. The van der Waals surface area contributed by atoms with Crippen molar-refractivity contribution in [3.05, 3.63) is 34.3 Å². The van der Waals surface area contributed by atoms with E-state index in [1.807, 2.05) is 13.8 Å². The summed E-state index contributed by atoms with van der Waals surface area (Å²) in [6.07, 6.45) is 1.37. The van der Waals surface area contributed by atoms with Crippen LogP contribution < -0.4 is 4.73 Å². The van der Waals surface area contributed by atoms with E-state index in [-0.39, 0.29) is 5.92 Å². The van der Waals surface area contributed by atoms with Gasteiger partial charge >= 0.3 is 0 Å². The molecule has 0 saturated heterocycles. The fraction of sp³-hybridized carbons (Fsp3) is 0.375. The molecule has 0 fully saturated rings. The third-order valence-corrected chi connectivity index (χ3v) is 1.72. The van der Waals surface area contributed by atoms with E-state index in [0.717, 1.165) is 10.4 Å². The summed E-state index contributed by atoms with van der Waals surface area (Å²) in [7, 11) is 0. The van der Waals surface area contributed by atoms with Gasteiger partial charge < -0.3 is 5.21 Å². The molecule has 0 aliphatic carbocycles. The Bertz CT molecular complexity index is 260. The van der Waals surface area contributed by atoms with Gasteiger partial charge in [0.05, 0.1) is 0 Å². The third kappa shape index (κ3) is 1.84. The van der Waals surface area contributed by atoms with Gasteiger partial charge in [0.25, 0.3) is 0 Å². The molecule has 1 rings (SSSR count). The highest BCUT2D eigenvalue weighted by Gasteiger charge is 2.09. The molecule has 0 aromatic carbocycles. The number of nitrogens with zero attached hydrogens (tertiary/aromatic N) is 1. The van der Waals surface area contributed by atoms with E-state index in [0.29, 0.717) is 5.02 Å². The van der Waals surface area contributed by atoms with Gasteiger partial charge in [-0.3, -0.25) is 0 Å². The predicted octanol–water partition coefficient (Wildman–Crippen LogP) is 2.10. The highest BCUT2D eigenvalue weighted by molar-refractivity contribution is 6.30. The molecular weight excluding hydrogens is 162 g/mol. The van der Waals surface area contributed by atoms with Gasteiger partial charge in [-0.1, -0.05) is 25.4 Å². The van der Waals surface area contributed by atoms with Gasteiger partial charge in [0.2, 0.25) is 0 Å². The summed E-state index contributed by atoms with van der Waals surface area (Å²) in [6.45, 7) is 3.94. The zero-order valence-corrected chi connectivity index (χ0v) is 7.30. The molecule has 0 unspecified atom stereocenters. The van der Waals surface area contributed by atoms with Gasteiger partial charge in [-0.2, -0.15) is 4.73 Å². The summed E-state index contributed by atoms with van der Waals surface area (Å²) in [4.78, 5) is 0. The first-order valence-electron chi connectivity index (χ1n) is 3.50. The van der Waals surface area contributed by atoms with Crippen molar-refractivity contribution in [3.63, 3.8) is 0 Å². The Labute approximate surface area is 71.0 Å². The topological polar surface area (TPSA) is 26.9 Å². The molecular formula is C8H10ClNO. The molecule has 11 heavy (non-hydrogen) atoms. The van der Waals surface area contributed by atoms with Gasteiger partial charge in [-0.05, 0) is 6.07 Å². The first-order chi connectivity index (χ1) is 5.11. The molecule has 0 radical (unpaired) electrons. The average molecular weight is 172 g/mol. The average Bonchev–Trinajstić information content (AvgIpc) is 1.85. The summed E-state index contributed by atoms with van der Waals surface area (Å²) in [5, 5.41) is 11.6. The molecule has 60 valence electrons. The third-order valence-electron chi connectivity index (χ3n) is 1.50. The quantitative estimate of drug-likeness (QED) is 0.470. The van der Waals surface area contributed by atoms with E-state index >= 15 is 0 Å². The molecule has 0 atom stereocenters. The zero-order chi connectivity index (χ0) is 8.43. The second kappa shape index (κ2) is 3.09. The molecule has 1 heterocycles. The second-order valence-corrected chi connectivity index (χ2v) is 3.19. The molecule has 3 heteroatoms. The van der Waals surface area contributed by atoms with Crippen LogP contribution in [0.4, 0.5) is 0 Å². The van der Waals surface area contributed by atoms with Gasteiger partial charge in [0, 0.05) is 12.0 Å². The van der Waals surface area contributed by atoms with Crippen molar-refractivity contribution >= 4 is 11.6 Å². The summed E-state index contributed by atoms with van der Waals surface area (Å²) < 4.78 is 0.812. The van der Waals surface area contributed by atoms with E-state index in [2.05, 4.69) is 0 Å². The molecule has 0 amide bonds. The Morgan fingerprint density at radius 1 is 1.45 bits per heavy atom. The van der Waals surface area contributed by atoms with Crippen molar-refractivity contribution in [1.29, 1.82) is 0 Å². The highest BCUT2D eigenvalue weighted by atomic mass is 35.5. The Kier molecular flexibility index (Phi) is 2.35. The van der Waals surface area contributed by atoms with Crippen LogP contribution in [0.1, 0.15) is 25.5 Å². The van der Waals surface area contributed by atoms with Crippen molar-refractivity contribution in [2.45, 2.75) is 19.8 Å². The van der Waals surface area contributed by atoms with Crippen molar-refractivity contribution in [1.82, 2.24) is 0 Å². The number of hydrogen-bond acceptors (Lipinski definition) is 1. The number of halogens is 1. The lowest BCUT2D eigenvalue weighted by molar-refractivity contribution is -0.615. The van der Waals surface area contributed by atoms with Crippen molar-refractivity contribution in [2.24, 2.45) is 0 Å². The minimum atomic E-state index is 0.241. The van der Waals surface area contributed by atoms with Crippen LogP contribution in [-0.4, -0.2) is 0 Å². The normalized spacial score (nSPS) is 10.5. The lowest BCUT2D eigenvalue weighted by Crippen LogP contribution is -2.31. The van der Waals surface area contributed by atoms with Crippen molar-refractivity contribution in [2.75, 3.05) is 0 Å². The van der Waals surface area contributed by atoms with E-state index in [1.54, 1.807) is 12.1 Å². The predicted molar refractivity (Wildman–Crippen MR) is 44.5 cm³/mol. The van der Waals surface area contributed by atoms with Crippen LogP contribution in [0.15, 0.2) is 18.3 Å². The number of aromatic nitrogens is 1. The lowest BCUT2D eigenvalue weighted by atomic mass is 10.1. The van der Waals surface area contributed by atoms with E-state index < -0.39 is 0 Å². The van der Waals surface area contributed by atoms with Crippen molar-refractivity contribution < 1.29 is 4.73 Å². The van der Waals surface area contributed by atoms with Crippen LogP contribution >= 0.6 is 11.6 Å². The lowest BCUT2D eigenvalue weighted by Gasteiger charge is -2.06. The van der Waals surface area contributed by atoms with Crippen LogP contribution in [0.25, 0.3) is 0 Å². The minimum absolute atomic E-state index is 0.241. The Balaban J connectivity index is 3.09. The van der Waals surface area contributed by atoms with E-state index in [1.165, 1.54) is 6.20 Å². The molecule has 1 aromatic heterocycles.